The number of fused-ring (bicyclic) bond motifs is 1. The van der Waals surface area contributed by atoms with Crippen LogP contribution in [0.5, 0.6) is 5.75 Å². The van der Waals surface area contributed by atoms with Crippen LogP contribution in [0.1, 0.15) is 23.1 Å². The van der Waals surface area contributed by atoms with Gasteiger partial charge in [0.15, 0.2) is 0 Å². The third-order valence-electron chi connectivity index (χ3n) is 3.33. The summed E-state index contributed by atoms with van der Waals surface area (Å²) in [7, 11) is 0. The molecular weight excluding hydrogens is 286 g/mol. The minimum Gasteiger partial charge on any atom is -0.492 e. The van der Waals surface area contributed by atoms with Crippen LogP contribution < -0.4 is 10.5 Å². The molecule has 1 aliphatic rings. The van der Waals surface area contributed by atoms with Crippen molar-refractivity contribution in [3.63, 3.8) is 0 Å². The number of ether oxygens (including phenoxy) is 1. The van der Waals surface area contributed by atoms with Gasteiger partial charge in [0.2, 0.25) is 0 Å². The number of halogens is 1. The minimum absolute atomic E-state index is 0.282. The van der Waals surface area contributed by atoms with E-state index in [1.807, 2.05) is 19.9 Å². The Bertz CT molecular complexity index is 501. The summed E-state index contributed by atoms with van der Waals surface area (Å²) < 4.78 is 6.34. The lowest BCUT2D eigenvalue weighted by Crippen LogP contribution is -2.48. The van der Waals surface area contributed by atoms with Crippen LogP contribution >= 0.6 is 15.9 Å². The molecule has 92 valence electrons. The van der Waals surface area contributed by atoms with Crippen LogP contribution in [0, 0.1) is 13.8 Å². The lowest BCUT2D eigenvalue weighted by Gasteiger charge is -2.33. The second kappa shape index (κ2) is 3.99. The number of rotatable bonds is 1. The van der Waals surface area contributed by atoms with Crippen molar-refractivity contribution in [3.05, 3.63) is 27.2 Å². The van der Waals surface area contributed by atoms with Gasteiger partial charge < -0.3 is 15.6 Å². The monoisotopic (exact) mass is 299 g/mol. The molecule has 0 aromatic heterocycles. The number of hydrogen-bond acceptors (Lipinski definition) is 3. The SMILES string of the molecule is Cc1cc2c(c(Br)c1C)OCCC2(N)C(=O)O. The van der Waals surface area contributed by atoms with E-state index in [0.29, 0.717) is 17.9 Å². The number of nitrogens with two attached hydrogens (primary N) is 1. The van der Waals surface area contributed by atoms with Gasteiger partial charge in [0.25, 0.3) is 0 Å². The molecule has 0 bridgehead atoms. The first kappa shape index (κ1) is 12.4. The van der Waals surface area contributed by atoms with Gasteiger partial charge in [-0.2, -0.15) is 0 Å². The second-order valence-corrected chi connectivity index (χ2v) is 5.18. The van der Waals surface area contributed by atoms with Gasteiger partial charge in [0.05, 0.1) is 11.1 Å². The highest BCUT2D eigenvalue weighted by Gasteiger charge is 2.42. The normalized spacial score (nSPS) is 22.8. The van der Waals surface area contributed by atoms with Gasteiger partial charge in [-0.1, -0.05) is 0 Å². The van der Waals surface area contributed by atoms with E-state index in [0.717, 1.165) is 15.6 Å². The van der Waals surface area contributed by atoms with E-state index in [4.69, 9.17) is 10.5 Å². The van der Waals surface area contributed by atoms with Gasteiger partial charge in [-0.15, -0.1) is 0 Å². The van der Waals surface area contributed by atoms with E-state index >= 15 is 0 Å². The van der Waals surface area contributed by atoms with E-state index in [2.05, 4.69) is 15.9 Å². The van der Waals surface area contributed by atoms with Crippen LogP contribution in [0.3, 0.4) is 0 Å². The van der Waals surface area contributed by atoms with Crippen LogP contribution in [0.15, 0.2) is 10.5 Å². The third kappa shape index (κ3) is 1.73. The molecule has 1 heterocycles. The number of carbonyl (C=O) groups is 1. The summed E-state index contributed by atoms with van der Waals surface area (Å²) in [6.45, 7) is 4.20. The van der Waals surface area contributed by atoms with Gasteiger partial charge in [-0.3, -0.25) is 0 Å². The van der Waals surface area contributed by atoms with E-state index < -0.39 is 11.5 Å². The topological polar surface area (TPSA) is 72.5 Å². The van der Waals surface area contributed by atoms with E-state index in [1.165, 1.54) is 0 Å². The summed E-state index contributed by atoms with van der Waals surface area (Å²) >= 11 is 3.44. The molecule has 0 fully saturated rings. The first-order valence-electron chi connectivity index (χ1n) is 5.33. The number of carboxylic acid groups (broad SMARTS) is 1. The van der Waals surface area contributed by atoms with Crippen molar-refractivity contribution in [1.29, 1.82) is 0 Å². The van der Waals surface area contributed by atoms with Gasteiger partial charge in [0, 0.05) is 12.0 Å². The summed E-state index contributed by atoms with van der Waals surface area (Å²) in [6, 6.07) is 1.81. The highest BCUT2D eigenvalue weighted by Crippen LogP contribution is 2.43. The van der Waals surface area contributed by atoms with E-state index in [9.17, 15) is 9.90 Å². The second-order valence-electron chi connectivity index (χ2n) is 4.38. The Morgan fingerprint density at radius 3 is 2.82 bits per heavy atom. The van der Waals surface area contributed by atoms with Gasteiger partial charge >= 0.3 is 5.97 Å². The predicted molar refractivity (Wildman–Crippen MR) is 67.2 cm³/mol. The van der Waals surface area contributed by atoms with Crippen LogP contribution in [0.2, 0.25) is 0 Å². The lowest BCUT2D eigenvalue weighted by molar-refractivity contribution is -0.144. The van der Waals surface area contributed by atoms with E-state index in [-0.39, 0.29) is 6.42 Å². The molecule has 1 aliphatic heterocycles. The number of benzene rings is 1. The fraction of sp³-hybridized carbons (Fsp3) is 0.417. The van der Waals surface area contributed by atoms with Crippen molar-refractivity contribution >= 4 is 21.9 Å². The fourth-order valence-corrected chi connectivity index (χ4v) is 2.64. The fourth-order valence-electron chi connectivity index (χ4n) is 2.00. The van der Waals surface area contributed by atoms with Crippen LogP contribution in [-0.2, 0) is 10.3 Å². The molecule has 0 saturated carbocycles. The molecule has 2 rings (SSSR count). The van der Waals surface area contributed by atoms with Crippen molar-refractivity contribution in [2.75, 3.05) is 6.61 Å². The number of hydrogen-bond donors (Lipinski definition) is 2. The van der Waals surface area contributed by atoms with Crippen molar-refractivity contribution in [1.82, 2.24) is 0 Å². The standard InChI is InChI=1S/C12H14BrNO3/c1-6-5-8-10(9(13)7(6)2)17-4-3-12(8,14)11(15)16/h5H,3-4,14H2,1-2H3,(H,15,16). The van der Waals surface area contributed by atoms with Crippen LogP contribution in [0.4, 0.5) is 0 Å². The predicted octanol–water partition coefficient (Wildman–Crippen LogP) is 2.09. The largest absolute Gasteiger partial charge is 0.492 e. The molecule has 0 saturated heterocycles. The molecule has 0 radical (unpaired) electrons. The summed E-state index contributed by atoms with van der Waals surface area (Å²) in [5.74, 6) is -0.457. The van der Waals surface area contributed by atoms with E-state index in [1.54, 1.807) is 0 Å². The first-order valence-corrected chi connectivity index (χ1v) is 6.12. The summed E-state index contributed by atoms with van der Waals surface area (Å²) in [6.07, 6.45) is 0.282. The van der Waals surface area contributed by atoms with Crippen molar-refractivity contribution < 1.29 is 14.6 Å². The summed E-state index contributed by atoms with van der Waals surface area (Å²) in [4.78, 5) is 11.4. The van der Waals surface area contributed by atoms with Gasteiger partial charge in [-0.25, -0.2) is 4.79 Å². The maximum absolute atomic E-state index is 11.4. The third-order valence-corrected chi connectivity index (χ3v) is 4.29. The number of carboxylic acids is 1. The van der Waals surface area contributed by atoms with Crippen molar-refractivity contribution in [2.45, 2.75) is 25.8 Å². The molecule has 1 unspecified atom stereocenters. The molecule has 1 aromatic carbocycles. The molecule has 0 spiro atoms. The van der Waals surface area contributed by atoms with Crippen LogP contribution in [-0.4, -0.2) is 17.7 Å². The maximum Gasteiger partial charge on any atom is 0.328 e. The Morgan fingerprint density at radius 2 is 2.24 bits per heavy atom. The summed E-state index contributed by atoms with van der Waals surface area (Å²) in [5, 5.41) is 9.30. The Hall–Kier alpha value is -1.07. The maximum atomic E-state index is 11.4. The molecule has 5 heteroatoms. The molecule has 0 aliphatic carbocycles. The zero-order chi connectivity index (χ0) is 12.8. The molecule has 1 aromatic rings. The Kier molecular flexibility index (Phi) is 2.91. The smallest absolute Gasteiger partial charge is 0.328 e. The highest BCUT2D eigenvalue weighted by atomic mass is 79.9. The average molecular weight is 300 g/mol. The van der Waals surface area contributed by atoms with Gasteiger partial charge in [-0.05, 0) is 47.0 Å². The molecule has 3 N–H and O–H groups in total. The lowest BCUT2D eigenvalue weighted by atomic mass is 9.84. The minimum atomic E-state index is -1.35. The summed E-state index contributed by atoms with van der Waals surface area (Å²) in [5.41, 5.74) is 7.23. The Morgan fingerprint density at radius 1 is 1.59 bits per heavy atom. The molecular formula is C12H14BrNO3. The molecule has 4 nitrogen and oxygen atoms in total. The zero-order valence-electron chi connectivity index (χ0n) is 9.71. The molecule has 17 heavy (non-hydrogen) atoms. The Labute approximate surface area is 108 Å². The van der Waals surface area contributed by atoms with Crippen molar-refractivity contribution in [3.8, 4) is 5.75 Å². The zero-order valence-corrected chi connectivity index (χ0v) is 11.3. The van der Waals surface area contributed by atoms with Crippen molar-refractivity contribution in [2.24, 2.45) is 5.73 Å². The Balaban J connectivity index is 2.72. The number of aryl methyl sites for hydroxylation is 1. The molecule has 0 amide bonds. The van der Waals surface area contributed by atoms with Crippen LogP contribution in [0.25, 0.3) is 0 Å². The number of aliphatic carboxylic acids is 1. The first-order chi connectivity index (χ1) is 7.88. The molecule has 1 atom stereocenters. The average Bonchev–Trinajstić information content (AvgIpc) is 2.28. The highest BCUT2D eigenvalue weighted by molar-refractivity contribution is 9.10. The quantitative estimate of drug-likeness (QED) is 0.833. The van der Waals surface area contributed by atoms with Gasteiger partial charge in [0.1, 0.15) is 11.3 Å².